The van der Waals surface area contributed by atoms with Crippen molar-refractivity contribution in [2.45, 2.75) is 71.1 Å². The molecule has 5 N–H and O–H groups in total. The van der Waals surface area contributed by atoms with Gasteiger partial charge in [0.1, 0.15) is 0 Å². The number of hydrogen-bond donors (Lipinski definition) is 4. The molecule has 21 heavy (non-hydrogen) atoms. The summed E-state index contributed by atoms with van der Waals surface area (Å²) in [7, 11) is 0. The van der Waals surface area contributed by atoms with E-state index in [-0.39, 0.29) is 19.1 Å². The number of nitrogens with two attached hydrogens (primary N) is 1. The van der Waals surface area contributed by atoms with Gasteiger partial charge >= 0.3 is 0 Å². The van der Waals surface area contributed by atoms with Crippen molar-refractivity contribution in [3.8, 4) is 0 Å². The SMILES string of the molecule is CCCCCCCCCCCC(N)=O.OCCNCCO. The van der Waals surface area contributed by atoms with Crippen molar-refractivity contribution in [2.75, 3.05) is 26.3 Å². The Bertz CT molecular complexity index is 198. The normalized spacial score (nSPS) is 10.0. The highest BCUT2D eigenvalue weighted by atomic mass is 16.3. The summed E-state index contributed by atoms with van der Waals surface area (Å²) in [6.45, 7) is 3.66. The maximum atomic E-state index is 10.4. The third-order valence-electron chi connectivity index (χ3n) is 3.10. The lowest BCUT2D eigenvalue weighted by atomic mass is 10.1. The number of amides is 1. The van der Waals surface area contributed by atoms with Crippen LogP contribution in [0, 0.1) is 0 Å². The van der Waals surface area contributed by atoms with Crippen molar-refractivity contribution in [2.24, 2.45) is 5.73 Å². The van der Waals surface area contributed by atoms with Crippen molar-refractivity contribution < 1.29 is 15.0 Å². The molecule has 0 aliphatic heterocycles. The van der Waals surface area contributed by atoms with Crippen molar-refractivity contribution in [1.29, 1.82) is 0 Å². The van der Waals surface area contributed by atoms with Gasteiger partial charge in [0.05, 0.1) is 13.2 Å². The fourth-order valence-corrected chi connectivity index (χ4v) is 1.89. The summed E-state index contributed by atoms with van der Waals surface area (Å²) in [5.41, 5.74) is 5.05. The van der Waals surface area contributed by atoms with E-state index in [2.05, 4.69) is 12.2 Å². The number of primary amides is 1. The first-order valence-electron chi connectivity index (χ1n) is 8.39. The van der Waals surface area contributed by atoms with E-state index in [1.54, 1.807) is 0 Å². The minimum Gasteiger partial charge on any atom is -0.395 e. The van der Waals surface area contributed by atoms with Gasteiger partial charge in [0.25, 0.3) is 0 Å². The molecular formula is C16H36N2O3. The molecular weight excluding hydrogens is 268 g/mol. The maximum Gasteiger partial charge on any atom is 0.217 e. The molecule has 0 aliphatic rings. The van der Waals surface area contributed by atoms with Gasteiger partial charge in [-0.25, -0.2) is 0 Å². The molecule has 1 amide bonds. The van der Waals surface area contributed by atoms with Crippen LogP contribution in [0.25, 0.3) is 0 Å². The highest BCUT2D eigenvalue weighted by molar-refractivity contribution is 5.73. The van der Waals surface area contributed by atoms with E-state index < -0.39 is 0 Å². The lowest BCUT2D eigenvalue weighted by Crippen LogP contribution is -2.21. The van der Waals surface area contributed by atoms with Crippen LogP contribution in [0.15, 0.2) is 0 Å². The molecule has 0 saturated carbocycles. The van der Waals surface area contributed by atoms with Gasteiger partial charge in [-0.2, -0.15) is 0 Å². The lowest BCUT2D eigenvalue weighted by molar-refractivity contribution is -0.118. The third-order valence-corrected chi connectivity index (χ3v) is 3.10. The second-order valence-corrected chi connectivity index (χ2v) is 5.24. The smallest absolute Gasteiger partial charge is 0.217 e. The first-order valence-corrected chi connectivity index (χ1v) is 8.39. The topological polar surface area (TPSA) is 95.6 Å². The molecule has 0 aromatic heterocycles. The van der Waals surface area contributed by atoms with Crippen LogP contribution >= 0.6 is 0 Å². The van der Waals surface area contributed by atoms with Crippen LogP contribution in [0.1, 0.15) is 71.1 Å². The van der Waals surface area contributed by atoms with Crippen LogP contribution in [0.5, 0.6) is 0 Å². The van der Waals surface area contributed by atoms with Gasteiger partial charge in [-0.1, -0.05) is 58.3 Å². The minimum absolute atomic E-state index is 0.139. The van der Waals surface area contributed by atoms with Crippen molar-refractivity contribution in [3.63, 3.8) is 0 Å². The quantitative estimate of drug-likeness (QED) is 0.369. The Kier molecular flexibility index (Phi) is 23.3. The number of unbranched alkanes of at least 4 members (excludes halogenated alkanes) is 8. The molecule has 0 radical (unpaired) electrons. The van der Waals surface area contributed by atoms with Crippen LogP contribution < -0.4 is 11.1 Å². The predicted molar refractivity (Wildman–Crippen MR) is 88.1 cm³/mol. The highest BCUT2D eigenvalue weighted by Crippen LogP contribution is 2.10. The molecule has 0 bridgehead atoms. The Morgan fingerprint density at radius 1 is 0.857 bits per heavy atom. The van der Waals surface area contributed by atoms with Gasteiger partial charge < -0.3 is 21.3 Å². The van der Waals surface area contributed by atoms with Crippen LogP contribution in [0.3, 0.4) is 0 Å². The molecule has 128 valence electrons. The zero-order valence-corrected chi connectivity index (χ0v) is 13.8. The van der Waals surface area contributed by atoms with Crippen LogP contribution in [0.2, 0.25) is 0 Å². The molecule has 5 heteroatoms. The Labute approximate surface area is 130 Å². The van der Waals surface area contributed by atoms with Crippen molar-refractivity contribution in [3.05, 3.63) is 0 Å². The number of nitrogens with one attached hydrogen (secondary N) is 1. The summed E-state index contributed by atoms with van der Waals surface area (Å²) < 4.78 is 0. The zero-order valence-electron chi connectivity index (χ0n) is 13.8. The Morgan fingerprint density at radius 3 is 1.67 bits per heavy atom. The molecule has 5 nitrogen and oxygen atoms in total. The average Bonchev–Trinajstić information content (AvgIpc) is 2.46. The molecule has 0 atom stereocenters. The molecule has 0 heterocycles. The Morgan fingerprint density at radius 2 is 1.29 bits per heavy atom. The molecule has 0 saturated heterocycles. The minimum atomic E-state index is -0.159. The number of aliphatic hydroxyl groups excluding tert-OH is 2. The molecule has 0 rings (SSSR count). The number of carbonyl (C=O) groups is 1. The van der Waals surface area contributed by atoms with Crippen molar-refractivity contribution >= 4 is 5.91 Å². The van der Waals surface area contributed by atoms with E-state index in [1.807, 2.05) is 0 Å². The average molecular weight is 304 g/mol. The third kappa shape index (κ3) is 28.3. The van der Waals surface area contributed by atoms with E-state index in [4.69, 9.17) is 15.9 Å². The van der Waals surface area contributed by atoms with Gasteiger partial charge in [-0.3, -0.25) is 4.79 Å². The summed E-state index contributed by atoms with van der Waals surface area (Å²) in [4.78, 5) is 10.4. The number of aliphatic hydroxyl groups is 2. The van der Waals surface area contributed by atoms with Crippen LogP contribution in [0.4, 0.5) is 0 Å². The van der Waals surface area contributed by atoms with E-state index in [9.17, 15) is 4.79 Å². The van der Waals surface area contributed by atoms with Crippen molar-refractivity contribution in [1.82, 2.24) is 5.32 Å². The first kappa shape index (κ1) is 22.6. The first-order chi connectivity index (χ1) is 10.2. The van der Waals surface area contributed by atoms with E-state index in [1.165, 1.54) is 44.9 Å². The van der Waals surface area contributed by atoms with Gasteiger partial charge in [0, 0.05) is 19.5 Å². The second-order valence-electron chi connectivity index (χ2n) is 5.24. The summed E-state index contributed by atoms with van der Waals surface area (Å²) >= 11 is 0. The van der Waals surface area contributed by atoms with Crippen LogP contribution in [-0.2, 0) is 4.79 Å². The zero-order chi connectivity index (χ0) is 16.2. The molecule has 0 spiro atoms. The molecule has 0 aromatic rings. The molecule has 0 aromatic carbocycles. The van der Waals surface area contributed by atoms with Gasteiger partial charge in [0.15, 0.2) is 0 Å². The fraction of sp³-hybridized carbons (Fsp3) is 0.938. The second kappa shape index (κ2) is 21.6. The number of hydrogen-bond acceptors (Lipinski definition) is 4. The summed E-state index contributed by atoms with van der Waals surface area (Å²) in [5.74, 6) is -0.159. The Balaban J connectivity index is 0. The summed E-state index contributed by atoms with van der Waals surface area (Å²) in [5, 5.41) is 19.1. The monoisotopic (exact) mass is 304 g/mol. The lowest BCUT2D eigenvalue weighted by Gasteiger charge is -2.00. The Hall–Kier alpha value is -0.650. The van der Waals surface area contributed by atoms with E-state index in [0.717, 1.165) is 12.8 Å². The molecule has 0 aliphatic carbocycles. The van der Waals surface area contributed by atoms with Gasteiger partial charge in [-0.15, -0.1) is 0 Å². The summed E-state index contributed by atoms with van der Waals surface area (Å²) in [6, 6.07) is 0. The summed E-state index contributed by atoms with van der Waals surface area (Å²) in [6.07, 6.45) is 12.1. The highest BCUT2D eigenvalue weighted by Gasteiger charge is 1.94. The molecule has 0 fully saturated rings. The predicted octanol–water partition coefficient (Wildman–Crippen LogP) is 1.95. The van der Waals surface area contributed by atoms with Crippen LogP contribution in [-0.4, -0.2) is 42.4 Å². The van der Waals surface area contributed by atoms with E-state index >= 15 is 0 Å². The largest absolute Gasteiger partial charge is 0.395 e. The fourth-order valence-electron chi connectivity index (χ4n) is 1.89. The van der Waals surface area contributed by atoms with Gasteiger partial charge in [-0.05, 0) is 6.42 Å². The number of rotatable bonds is 14. The standard InChI is InChI=1S/C12H25NO.C4H11NO2/c1-2-3-4-5-6-7-8-9-10-11-12(13)14;6-3-1-5-2-4-7/h2-11H2,1H3,(H2,13,14);5-7H,1-4H2. The maximum absolute atomic E-state index is 10.4. The number of carbonyl (C=O) groups excluding carboxylic acids is 1. The molecule has 0 unspecified atom stereocenters. The van der Waals surface area contributed by atoms with E-state index in [0.29, 0.717) is 19.5 Å². The van der Waals surface area contributed by atoms with Gasteiger partial charge in [0.2, 0.25) is 5.91 Å².